The van der Waals surface area contributed by atoms with Crippen LogP contribution in [0, 0.1) is 18.8 Å². The zero-order valence-corrected chi connectivity index (χ0v) is 13.1. The molecule has 0 spiro atoms. The minimum Gasteiger partial charge on any atom is -0.348 e. The van der Waals surface area contributed by atoms with Crippen molar-refractivity contribution in [2.75, 3.05) is 25.0 Å². The molecule has 4 heteroatoms. The van der Waals surface area contributed by atoms with E-state index in [1.165, 1.54) is 54.5 Å². The van der Waals surface area contributed by atoms with Crippen LogP contribution in [-0.4, -0.2) is 25.1 Å². The Labute approximate surface area is 120 Å². The van der Waals surface area contributed by atoms with Crippen molar-refractivity contribution in [1.29, 1.82) is 0 Å². The van der Waals surface area contributed by atoms with Gasteiger partial charge >= 0.3 is 0 Å². The van der Waals surface area contributed by atoms with Gasteiger partial charge in [-0.1, -0.05) is 0 Å². The minimum absolute atomic E-state index is 0.412. The third-order valence-electron chi connectivity index (χ3n) is 4.27. The summed E-state index contributed by atoms with van der Waals surface area (Å²) >= 11 is 1.89. The molecule has 2 saturated carbocycles. The van der Waals surface area contributed by atoms with Crippen LogP contribution in [0.5, 0.6) is 0 Å². The Morgan fingerprint density at radius 1 is 1.26 bits per heavy atom. The van der Waals surface area contributed by atoms with E-state index in [1.807, 2.05) is 18.4 Å². The van der Waals surface area contributed by atoms with Crippen LogP contribution in [-0.2, 0) is 0 Å². The summed E-state index contributed by atoms with van der Waals surface area (Å²) < 4.78 is 0. The molecule has 2 aliphatic carbocycles. The van der Waals surface area contributed by atoms with Crippen molar-refractivity contribution in [3.63, 3.8) is 0 Å². The summed E-state index contributed by atoms with van der Waals surface area (Å²) in [7, 11) is 2.02. The maximum atomic E-state index is 4.85. The molecule has 1 N–H and O–H groups in total. The highest BCUT2D eigenvalue weighted by Gasteiger charge is 2.31. The van der Waals surface area contributed by atoms with E-state index in [2.05, 4.69) is 24.1 Å². The lowest BCUT2D eigenvalue weighted by Gasteiger charge is -2.21. The van der Waals surface area contributed by atoms with E-state index in [0.29, 0.717) is 6.04 Å². The van der Waals surface area contributed by atoms with Gasteiger partial charge in [-0.05, 0) is 58.4 Å². The van der Waals surface area contributed by atoms with Crippen molar-refractivity contribution < 1.29 is 0 Å². The quantitative estimate of drug-likeness (QED) is 0.829. The molecule has 106 valence electrons. The smallest absolute Gasteiger partial charge is 0.185 e. The second kappa shape index (κ2) is 5.41. The van der Waals surface area contributed by atoms with Gasteiger partial charge < -0.3 is 10.2 Å². The Morgan fingerprint density at radius 2 is 1.84 bits per heavy atom. The Hall–Kier alpha value is -0.610. The summed E-state index contributed by atoms with van der Waals surface area (Å²) in [5.74, 6) is 1.88. The van der Waals surface area contributed by atoms with Gasteiger partial charge in [0.25, 0.3) is 0 Å². The average molecular weight is 279 g/mol. The molecule has 0 aliphatic heterocycles. The van der Waals surface area contributed by atoms with Crippen LogP contribution in [0.25, 0.3) is 0 Å². The lowest BCUT2D eigenvalue weighted by molar-refractivity contribution is 0.658. The van der Waals surface area contributed by atoms with Crippen LogP contribution >= 0.6 is 11.3 Å². The maximum Gasteiger partial charge on any atom is 0.185 e. The van der Waals surface area contributed by atoms with Crippen LogP contribution in [0.4, 0.5) is 5.13 Å². The summed E-state index contributed by atoms with van der Waals surface area (Å²) in [4.78, 5) is 8.81. The van der Waals surface area contributed by atoms with Crippen LogP contribution in [0.15, 0.2) is 0 Å². The van der Waals surface area contributed by atoms with E-state index in [4.69, 9.17) is 4.98 Å². The van der Waals surface area contributed by atoms with Gasteiger partial charge in [-0.3, -0.25) is 0 Å². The molecule has 1 atom stereocenters. The zero-order valence-electron chi connectivity index (χ0n) is 12.3. The number of hydrogen-bond donors (Lipinski definition) is 1. The van der Waals surface area contributed by atoms with Gasteiger partial charge in [0, 0.05) is 24.0 Å². The number of rotatable bonds is 7. The van der Waals surface area contributed by atoms with Gasteiger partial charge in [0.1, 0.15) is 0 Å². The van der Waals surface area contributed by atoms with Crippen LogP contribution < -0.4 is 10.2 Å². The molecule has 0 aromatic carbocycles. The minimum atomic E-state index is 0.412. The van der Waals surface area contributed by atoms with Gasteiger partial charge in [-0.15, -0.1) is 11.3 Å². The Morgan fingerprint density at radius 3 is 2.32 bits per heavy atom. The predicted octanol–water partition coefficient (Wildman–Crippen LogP) is 3.36. The van der Waals surface area contributed by atoms with E-state index < -0.39 is 0 Å². The third-order valence-corrected chi connectivity index (χ3v) is 5.67. The van der Waals surface area contributed by atoms with Crippen LogP contribution in [0.3, 0.4) is 0 Å². The topological polar surface area (TPSA) is 28.2 Å². The highest BCUT2D eigenvalue weighted by atomic mass is 32.1. The fourth-order valence-corrected chi connectivity index (χ4v) is 3.66. The highest BCUT2D eigenvalue weighted by molar-refractivity contribution is 7.15. The summed E-state index contributed by atoms with van der Waals surface area (Å²) in [5, 5.41) is 4.59. The van der Waals surface area contributed by atoms with Gasteiger partial charge in [0.2, 0.25) is 0 Å². The van der Waals surface area contributed by atoms with Gasteiger partial charge in [-0.2, -0.15) is 0 Å². The summed E-state index contributed by atoms with van der Waals surface area (Å²) in [6.07, 6.45) is 5.69. The van der Waals surface area contributed by atoms with E-state index in [0.717, 1.165) is 11.8 Å². The number of aryl methyl sites for hydroxylation is 1. The number of nitrogens with one attached hydrogen (secondary N) is 1. The molecule has 3 rings (SSSR count). The molecule has 1 heterocycles. The molecular weight excluding hydrogens is 254 g/mol. The van der Waals surface area contributed by atoms with Crippen LogP contribution in [0.1, 0.15) is 49.2 Å². The first kappa shape index (κ1) is 13.4. The fraction of sp³-hybridized carbons (Fsp3) is 0.800. The van der Waals surface area contributed by atoms with E-state index in [9.17, 15) is 0 Å². The molecule has 0 bridgehead atoms. The second-order valence-electron chi connectivity index (χ2n) is 6.25. The molecule has 0 saturated heterocycles. The number of aromatic nitrogens is 1. The molecule has 2 aliphatic rings. The second-order valence-corrected chi connectivity index (χ2v) is 7.26. The van der Waals surface area contributed by atoms with Crippen molar-refractivity contribution >= 4 is 16.5 Å². The first-order valence-corrected chi connectivity index (χ1v) is 8.38. The molecule has 1 unspecified atom stereocenters. The van der Waals surface area contributed by atoms with E-state index in [1.54, 1.807) is 0 Å². The van der Waals surface area contributed by atoms with Crippen molar-refractivity contribution in [2.45, 2.75) is 45.6 Å². The van der Waals surface area contributed by atoms with Gasteiger partial charge in [0.15, 0.2) is 5.13 Å². The van der Waals surface area contributed by atoms with Crippen molar-refractivity contribution in [2.24, 2.45) is 11.8 Å². The molecule has 19 heavy (non-hydrogen) atoms. The molecule has 0 amide bonds. The first-order valence-electron chi connectivity index (χ1n) is 7.57. The molecule has 0 radical (unpaired) electrons. The number of nitrogens with zero attached hydrogens (tertiary/aromatic N) is 2. The molecule has 2 fully saturated rings. The van der Waals surface area contributed by atoms with Gasteiger partial charge in [0.05, 0.1) is 5.69 Å². The van der Waals surface area contributed by atoms with Crippen LogP contribution in [0.2, 0.25) is 0 Å². The predicted molar refractivity (Wildman–Crippen MR) is 82.0 cm³/mol. The van der Waals surface area contributed by atoms with Crippen molar-refractivity contribution in [3.8, 4) is 0 Å². The largest absolute Gasteiger partial charge is 0.348 e. The Kier molecular flexibility index (Phi) is 3.81. The number of anilines is 1. The summed E-state index contributed by atoms with van der Waals surface area (Å²) in [6, 6.07) is 0.412. The third kappa shape index (κ3) is 3.29. The lowest BCUT2D eigenvalue weighted by atomic mass is 10.2. The maximum absolute atomic E-state index is 4.85. The van der Waals surface area contributed by atoms with Crippen molar-refractivity contribution in [1.82, 2.24) is 10.3 Å². The van der Waals surface area contributed by atoms with Gasteiger partial charge in [-0.25, -0.2) is 4.98 Å². The Bertz CT molecular complexity index is 421. The standard InChI is InChI=1S/C15H25N3S/c1-10(16-3)14-11(2)17-15(19-14)18(8-12-4-5-12)9-13-6-7-13/h10,12-13,16H,4-9H2,1-3H3. The number of thiazole rings is 1. The fourth-order valence-electron chi connectivity index (χ4n) is 2.52. The van der Waals surface area contributed by atoms with E-state index >= 15 is 0 Å². The normalized spacial score (nSPS) is 20.6. The molecular formula is C15H25N3S. The average Bonchev–Trinajstić information content (AvgIpc) is 3.30. The molecule has 1 aromatic rings. The summed E-state index contributed by atoms with van der Waals surface area (Å²) in [6.45, 7) is 6.83. The Balaban J connectivity index is 1.75. The monoisotopic (exact) mass is 279 g/mol. The SMILES string of the molecule is CNC(C)c1sc(N(CC2CC2)CC2CC2)nc1C. The zero-order chi connectivity index (χ0) is 13.4. The lowest BCUT2D eigenvalue weighted by Crippen LogP contribution is -2.27. The highest BCUT2D eigenvalue weighted by Crippen LogP contribution is 2.38. The molecule has 3 nitrogen and oxygen atoms in total. The van der Waals surface area contributed by atoms with E-state index in [-0.39, 0.29) is 0 Å². The summed E-state index contributed by atoms with van der Waals surface area (Å²) in [5.41, 5.74) is 1.21. The first-order chi connectivity index (χ1) is 9.17. The number of hydrogen-bond acceptors (Lipinski definition) is 4. The molecule has 1 aromatic heterocycles. The van der Waals surface area contributed by atoms with Crippen molar-refractivity contribution in [3.05, 3.63) is 10.6 Å².